The van der Waals surface area contributed by atoms with Gasteiger partial charge in [0.1, 0.15) is 0 Å². The number of aromatic carboxylic acids is 1. The number of benzene rings is 1. The van der Waals surface area contributed by atoms with Gasteiger partial charge in [0, 0.05) is 0 Å². The van der Waals surface area contributed by atoms with Crippen LogP contribution in [-0.2, 0) is 4.79 Å². The molecule has 1 fully saturated rings. The molecule has 0 amide bonds. The molecule has 4 heteroatoms. The molecule has 4 nitrogen and oxygen atoms in total. The van der Waals surface area contributed by atoms with Crippen molar-refractivity contribution < 1.29 is 19.8 Å². The lowest BCUT2D eigenvalue weighted by Gasteiger charge is -2.19. The van der Waals surface area contributed by atoms with Crippen LogP contribution in [0.2, 0.25) is 0 Å². The van der Waals surface area contributed by atoms with E-state index in [2.05, 4.69) is 0 Å². The van der Waals surface area contributed by atoms with Gasteiger partial charge in [-0.1, -0.05) is 6.07 Å². The van der Waals surface area contributed by atoms with Gasteiger partial charge in [0.25, 0.3) is 0 Å². The van der Waals surface area contributed by atoms with Crippen molar-refractivity contribution in [3.05, 3.63) is 34.4 Å². The van der Waals surface area contributed by atoms with Crippen LogP contribution in [-0.4, -0.2) is 22.2 Å². The van der Waals surface area contributed by atoms with E-state index in [-0.39, 0.29) is 17.9 Å². The molecular formula is C15H18O4. The Morgan fingerprint density at radius 1 is 1.21 bits per heavy atom. The first-order valence-corrected chi connectivity index (χ1v) is 6.46. The summed E-state index contributed by atoms with van der Waals surface area (Å²) in [5.41, 5.74) is 2.86. The Balaban J connectivity index is 2.43. The molecule has 0 aromatic heterocycles. The predicted octanol–water partition coefficient (Wildman–Crippen LogP) is 2.97. The maximum Gasteiger partial charge on any atom is 0.335 e. The predicted molar refractivity (Wildman–Crippen MR) is 70.6 cm³/mol. The van der Waals surface area contributed by atoms with Gasteiger partial charge >= 0.3 is 11.9 Å². The summed E-state index contributed by atoms with van der Waals surface area (Å²) in [6, 6.07) is 3.51. The number of carbonyl (C=O) groups is 2. The maximum atomic E-state index is 11.2. The third-order valence-corrected chi connectivity index (χ3v) is 3.83. The molecule has 2 rings (SSSR count). The van der Waals surface area contributed by atoms with Crippen molar-refractivity contribution in [2.75, 3.05) is 0 Å². The highest BCUT2D eigenvalue weighted by Crippen LogP contribution is 2.45. The first-order chi connectivity index (χ1) is 8.90. The number of aryl methyl sites for hydroxylation is 2. The molecule has 0 saturated heterocycles. The van der Waals surface area contributed by atoms with Crippen molar-refractivity contribution in [2.45, 2.75) is 39.0 Å². The lowest BCUT2D eigenvalue weighted by atomic mass is 9.85. The largest absolute Gasteiger partial charge is 0.481 e. The molecule has 102 valence electrons. The zero-order valence-corrected chi connectivity index (χ0v) is 11.1. The number of hydrogen-bond acceptors (Lipinski definition) is 2. The third-order valence-electron chi connectivity index (χ3n) is 3.83. The van der Waals surface area contributed by atoms with Crippen molar-refractivity contribution in [1.82, 2.24) is 0 Å². The molecule has 0 aliphatic heterocycles. The number of hydrogen-bond donors (Lipinski definition) is 2. The standard InChI is InChI=1S/C15H18O4/c1-8-5-9(2)12(15(18)19)6-11(8)13(7-14(16)17)10-3-4-10/h5-6,10,13H,3-4,7H2,1-2H3,(H,16,17)(H,18,19). The molecule has 2 N–H and O–H groups in total. The zero-order valence-electron chi connectivity index (χ0n) is 11.1. The fourth-order valence-corrected chi connectivity index (χ4v) is 2.72. The summed E-state index contributed by atoms with van der Waals surface area (Å²) >= 11 is 0. The molecule has 1 atom stereocenters. The molecule has 19 heavy (non-hydrogen) atoms. The van der Waals surface area contributed by atoms with Gasteiger partial charge in [-0.25, -0.2) is 4.79 Å². The number of carboxylic acids is 2. The Bertz CT molecular complexity index is 529. The molecule has 1 aromatic carbocycles. The van der Waals surface area contributed by atoms with Crippen molar-refractivity contribution in [2.24, 2.45) is 5.92 Å². The van der Waals surface area contributed by atoms with E-state index in [1.165, 1.54) is 0 Å². The molecule has 1 aliphatic carbocycles. The van der Waals surface area contributed by atoms with Gasteiger partial charge in [0.05, 0.1) is 12.0 Å². The van der Waals surface area contributed by atoms with E-state index in [1.807, 2.05) is 13.0 Å². The second-order valence-corrected chi connectivity index (χ2v) is 5.37. The smallest absolute Gasteiger partial charge is 0.335 e. The molecule has 0 spiro atoms. The van der Waals surface area contributed by atoms with Gasteiger partial charge in [-0.15, -0.1) is 0 Å². The Hall–Kier alpha value is -1.84. The van der Waals surface area contributed by atoms with Crippen molar-refractivity contribution in [3.8, 4) is 0 Å². The van der Waals surface area contributed by atoms with Crippen LogP contribution in [0, 0.1) is 19.8 Å². The number of carboxylic acid groups (broad SMARTS) is 2. The van der Waals surface area contributed by atoms with Crippen LogP contribution in [0.5, 0.6) is 0 Å². The van der Waals surface area contributed by atoms with Gasteiger partial charge in [-0.2, -0.15) is 0 Å². The van der Waals surface area contributed by atoms with Gasteiger partial charge < -0.3 is 10.2 Å². The lowest BCUT2D eigenvalue weighted by Crippen LogP contribution is -2.12. The van der Waals surface area contributed by atoms with Crippen LogP contribution in [0.25, 0.3) is 0 Å². The summed E-state index contributed by atoms with van der Waals surface area (Å²) in [6.07, 6.45) is 2.15. The van der Waals surface area contributed by atoms with E-state index >= 15 is 0 Å². The molecule has 0 bridgehead atoms. The minimum atomic E-state index is -0.955. The molecule has 1 aliphatic rings. The molecule has 0 radical (unpaired) electrons. The Morgan fingerprint density at radius 3 is 2.32 bits per heavy atom. The van der Waals surface area contributed by atoms with Crippen LogP contribution in [0.15, 0.2) is 12.1 Å². The van der Waals surface area contributed by atoms with Crippen LogP contribution in [0.4, 0.5) is 0 Å². The van der Waals surface area contributed by atoms with Crippen LogP contribution < -0.4 is 0 Å². The Morgan fingerprint density at radius 2 is 1.84 bits per heavy atom. The maximum absolute atomic E-state index is 11.2. The first kappa shape index (κ1) is 13.6. The summed E-state index contributed by atoms with van der Waals surface area (Å²) < 4.78 is 0. The van der Waals surface area contributed by atoms with E-state index in [9.17, 15) is 14.7 Å². The summed E-state index contributed by atoms with van der Waals surface area (Å²) in [5, 5.41) is 18.2. The monoisotopic (exact) mass is 262 g/mol. The van der Waals surface area contributed by atoms with Crippen molar-refractivity contribution in [1.29, 1.82) is 0 Å². The van der Waals surface area contributed by atoms with Gasteiger partial charge in [-0.05, 0) is 61.3 Å². The topological polar surface area (TPSA) is 74.6 Å². The number of aliphatic carboxylic acids is 1. The average molecular weight is 262 g/mol. The van der Waals surface area contributed by atoms with Crippen molar-refractivity contribution >= 4 is 11.9 Å². The summed E-state index contributed by atoms with van der Waals surface area (Å²) in [4.78, 5) is 22.2. The average Bonchev–Trinajstić information content (AvgIpc) is 3.09. The Labute approximate surface area is 112 Å². The first-order valence-electron chi connectivity index (χ1n) is 6.46. The Kier molecular flexibility index (Phi) is 3.60. The second kappa shape index (κ2) is 5.03. The highest BCUT2D eigenvalue weighted by Gasteiger charge is 2.35. The SMILES string of the molecule is Cc1cc(C)c(C(CC(=O)O)C2CC2)cc1C(=O)O. The third kappa shape index (κ3) is 2.95. The second-order valence-electron chi connectivity index (χ2n) is 5.37. The number of rotatable bonds is 5. The zero-order chi connectivity index (χ0) is 14.2. The quantitative estimate of drug-likeness (QED) is 0.855. The van der Waals surface area contributed by atoms with Gasteiger partial charge in [0.2, 0.25) is 0 Å². The van der Waals surface area contributed by atoms with E-state index in [1.54, 1.807) is 13.0 Å². The molecule has 1 unspecified atom stereocenters. The van der Waals surface area contributed by atoms with Crippen LogP contribution in [0.3, 0.4) is 0 Å². The van der Waals surface area contributed by atoms with E-state index in [4.69, 9.17) is 5.11 Å². The van der Waals surface area contributed by atoms with Crippen molar-refractivity contribution in [3.63, 3.8) is 0 Å². The van der Waals surface area contributed by atoms with E-state index in [0.717, 1.165) is 29.5 Å². The molecule has 1 aromatic rings. The van der Waals surface area contributed by atoms with Crippen LogP contribution >= 0.6 is 0 Å². The summed E-state index contributed by atoms with van der Waals surface area (Å²) in [5.74, 6) is -1.45. The molecule has 0 heterocycles. The summed E-state index contributed by atoms with van der Waals surface area (Å²) in [6.45, 7) is 3.69. The van der Waals surface area contributed by atoms with E-state index < -0.39 is 11.9 Å². The minimum absolute atomic E-state index is 0.0591. The highest BCUT2D eigenvalue weighted by molar-refractivity contribution is 5.89. The minimum Gasteiger partial charge on any atom is -0.481 e. The summed E-state index contributed by atoms with van der Waals surface area (Å²) in [7, 11) is 0. The molecule has 1 saturated carbocycles. The fraction of sp³-hybridized carbons (Fsp3) is 0.467. The molecular weight excluding hydrogens is 244 g/mol. The lowest BCUT2D eigenvalue weighted by molar-refractivity contribution is -0.137. The van der Waals surface area contributed by atoms with Gasteiger partial charge in [0.15, 0.2) is 0 Å². The fourth-order valence-electron chi connectivity index (χ4n) is 2.72. The normalized spacial score (nSPS) is 16.1. The van der Waals surface area contributed by atoms with Gasteiger partial charge in [-0.3, -0.25) is 4.79 Å². The highest BCUT2D eigenvalue weighted by atomic mass is 16.4. The van der Waals surface area contributed by atoms with E-state index in [0.29, 0.717) is 5.92 Å². The van der Waals surface area contributed by atoms with Crippen LogP contribution in [0.1, 0.15) is 52.2 Å².